The van der Waals surface area contributed by atoms with Gasteiger partial charge in [-0.05, 0) is 24.9 Å². The van der Waals surface area contributed by atoms with Crippen molar-refractivity contribution in [2.75, 3.05) is 7.05 Å². The van der Waals surface area contributed by atoms with Crippen LogP contribution in [0.5, 0.6) is 0 Å². The van der Waals surface area contributed by atoms with Gasteiger partial charge in [-0.1, -0.05) is 43.3 Å². The van der Waals surface area contributed by atoms with Crippen LogP contribution < -0.4 is 5.32 Å². The SMILES string of the molecule is CNCc1cnoc1-c1ccc(CC(C)C)cc1. The number of hydrogen-bond donors (Lipinski definition) is 1. The average molecular weight is 244 g/mol. The fraction of sp³-hybridized carbons (Fsp3) is 0.400. The van der Waals surface area contributed by atoms with E-state index in [4.69, 9.17) is 4.52 Å². The number of nitrogens with one attached hydrogen (secondary N) is 1. The lowest BCUT2D eigenvalue weighted by atomic mass is 10.0. The van der Waals surface area contributed by atoms with Crippen LogP contribution in [-0.2, 0) is 13.0 Å². The van der Waals surface area contributed by atoms with E-state index >= 15 is 0 Å². The maximum atomic E-state index is 5.33. The van der Waals surface area contributed by atoms with Gasteiger partial charge in [0.15, 0.2) is 5.76 Å². The Morgan fingerprint density at radius 3 is 2.56 bits per heavy atom. The van der Waals surface area contributed by atoms with Crippen molar-refractivity contribution in [2.24, 2.45) is 5.92 Å². The zero-order valence-corrected chi connectivity index (χ0v) is 11.2. The highest BCUT2D eigenvalue weighted by atomic mass is 16.5. The molecular formula is C15H20N2O. The van der Waals surface area contributed by atoms with Crippen molar-refractivity contribution in [3.8, 4) is 11.3 Å². The highest BCUT2D eigenvalue weighted by Crippen LogP contribution is 2.24. The third-order valence-electron chi connectivity index (χ3n) is 2.87. The van der Waals surface area contributed by atoms with Gasteiger partial charge in [-0.2, -0.15) is 0 Å². The summed E-state index contributed by atoms with van der Waals surface area (Å²) in [6, 6.07) is 8.55. The van der Waals surface area contributed by atoms with Crippen molar-refractivity contribution in [3.63, 3.8) is 0 Å². The summed E-state index contributed by atoms with van der Waals surface area (Å²) in [7, 11) is 1.92. The molecule has 0 unspecified atom stereocenters. The van der Waals surface area contributed by atoms with E-state index in [2.05, 4.69) is 48.6 Å². The molecular weight excluding hydrogens is 224 g/mol. The third-order valence-corrected chi connectivity index (χ3v) is 2.87. The summed E-state index contributed by atoms with van der Waals surface area (Å²) in [5.74, 6) is 1.54. The molecule has 0 aliphatic carbocycles. The Labute approximate surface area is 108 Å². The van der Waals surface area contributed by atoms with Crippen LogP contribution in [0.2, 0.25) is 0 Å². The average Bonchev–Trinajstić information content (AvgIpc) is 2.78. The predicted octanol–water partition coefficient (Wildman–Crippen LogP) is 3.26. The van der Waals surface area contributed by atoms with E-state index < -0.39 is 0 Å². The van der Waals surface area contributed by atoms with Crippen molar-refractivity contribution < 1.29 is 4.52 Å². The van der Waals surface area contributed by atoms with Gasteiger partial charge in [0.2, 0.25) is 0 Å². The summed E-state index contributed by atoms with van der Waals surface area (Å²) >= 11 is 0. The largest absolute Gasteiger partial charge is 0.356 e. The lowest BCUT2D eigenvalue weighted by Crippen LogP contribution is -2.04. The van der Waals surface area contributed by atoms with Gasteiger partial charge >= 0.3 is 0 Å². The van der Waals surface area contributed by atoms with Crippen molar-refractivity contribution in [1.82, 2.24) is 10.5 Å². The molecule has 1 heterocycles. The molecule has 96 valence electrons. The number of benzene rings is 1. The second-order valence-electron chi connectivity index (χ2n) is 5.01. The highest BCUT2D eigenvalue weighted by Gasteiger charge is 2.09. The van der Waals surface area contributed by atoms with Gasteiger partial charge in [0, 0.05) is 17.7 Å². The summed E-state index contributed by atoms with van der Waals surface area (Å²) in [5.41, 5.74) is 3.54. The fourth-order valence-electron chi connectivity index (χ4n) is 2.08. The minimum Gasteiger partial charge on any atom is -0.356 e. The minimum absolute atomic E-state index is 0.681. The topological polar surface area (TPSA) is 38.1 Å². The van der Waals surface area contributed by atoms with E-state index in [1.165, 1.54) is 5.56 Å². The molecule has 0 radical (unpaired) electrons. The first-order valence-corrected chi connectivity index (χ1v) is 6.38. The molecule has 1 N–H and O–H groups in total. The Balaban J connectivity index is 2.20. The summed E-state index contributed by atoms with van der Waals surface area (Å²) in [4.78, 5) is 0. The van der Waals surface area contributed by atoms with Gasteiger partial charge < -0.3 is 9.84 Å². The minimum atomic E-state index is 0.681. The van der Waals surface area contributed by atoms with Gasteiger partial charge in [0.1, 0.15) is 0 Å². The molecule has 0 spiro atoms. The molecule has 0 atom stereocenters. The first-order chi connectivity index (χ1) is 8.70. The zero-order chi connectivity index (χ0) is 13.0. The number of nitrogens with zero attached hydrogens (tertiary/aromatic N) is 1. The predicted molar refractivity (Wildman–Crippen MR) is 73.2 cm³/mol. The van der Waals surface area contributed by atoms with Crippen LogP contribution in [0.4, 0.5) is 0 Å². The van der Waals surface area contributed by atoms with Crippen LogP contribution >= 0.6 is 0 Å². The summed E-state index contributed by atoms with van der Waals surface area (Å²) < 4.78 is 5.33. The highest BCUT2D eigenvalue weighted by molar-refractivity contribution is 5.61. The van der Waals surface area contributed by atoms with Crippen LogP contribution in [0, 0.1) is 5.92 Å². The number of aromatic nitrogens is 1. The smallest absolute Gasteiger partial charge is 0.171 e. The fourth-order valence-corrected chi connectivity index (χ4v) is 2.08. The number of rotatable bonds is 5. The molecule has 2 rings (SSSR count). The van der Waals surface area contributed by atoms with Crippen molar-refractivity contribution in [2.45, 2.75) is 26.8 Å². The van der Waals surface area contributed by atoms with Crippen LogP contribution in [0.25, 0.3) is 11.3 Å². The lowest BCUT2D eigenvalue weighted by molar-refractivity contribution is 0.431. The molecule has 0 bridgehead atoms. The van der Waals surface area contributed by atoms with Crippen molar-refractivity contribution in [1.29, 1.82) is 0 Å². The summed E-state index contributed by atoms with van der Waals surface area (Å²) in [5, 5.41) is 6.99. The van der Waals surface area contributed by atoms with E-state index in [1.54, 1.807) is 6.20 Å². The Morgan fingerprint density at radius 2 is 1.94 bits per heavy atom. The molecule has 0 saturated carbocycles. The first-order valence-electron chi connectivity index (χ1n) is 6.38. The van der Waals surface area contributed by atoms with E-state index in [0.29, 0.717) is 5.92 Å². The lowest BCUT2D eigenvalue weighted by Gasteiger charge is -2.06. The quantitative estimate of drug-likeness (QED) is 0.877. The van der Waals surface area contributed by atoms with Crippen molar-refractivity contribution in [3.05, 3.63) is 41.6 Å². The first kappa shape index (κ1) is 12.8. The number of hydrogen-bond acceptors (Lipinski definition) is 3. The second kappa shape index (κ2) is 5.83. The van der Waals surface area contributed by atoms with E-state index in [1.807, 2.05) is 7.05 Å². The molecule has 0 aliphatic heterocycles. The van der Waals surface area contributed by atoms with Crippen LogP contribution in [0.3, 0.4) is 0 Å². The van der Waals surface area contributed by atoms with E-state index in [0.717, 1.165) is 29.9 Å². The van der Waals surface area contributed by atoms with Crippen LogP contribution in [-0.4, -0.2) is 12.2 Å². The van der Waals surface area contributed by atoms with E-state index in [9.17, 15) is 0 Å². The Hall–Kier alpha value is -1.61. The standard InChI is InChI=1S/C15H20N2O/c1-11(2)8-12-4-6-13(7-5-12)15-14(9-16-3)10-17-18-15/h4-7,10-11,16H,8-9H2,1-3H3. The van der Waals surface area contributed by atoms with Crippen LogP contribution in [0.1, 0.15) is 25.0 Å². The molecule has 2 aromatic rings. The maximum absolute atomic E-state index is 5.33. The molecule has 3 heteroatoms. The Bertz CT molecular complexity index is 485. The molecule has 1 aromatic carbocycles. The molecule has 0 aliphatic rings. The van der Waals surface area contributed by atoms with Gasteiger partial charge in [-0.3, -0.25) is 0 Å². The van der Waals surface area contributed by atoms with Gasteiger partial charge in [0.25, 0.3) is 0 Å². The van der Waals surface area contributed by atoms with Gasteiger partial charge in [-0.25, -0.2) is 0 Å². The van der Waals surface area contributed by atoms with E-state index in [-0.39, 0.29) is 0 Å². The second-order valence-corrected chi connectivity index (χ2v) is 5.01. The molecule has 3 nitrogen and oxygen atoms in total. The molecule has 0 saturated heterocycles. The van der Waals surface area contributed by atoms with Gasteiger partial charge in [0.05, 0.1) is 6.20 Å². The Kier molecular flexibility index (Phi) is 4.15. The van der Waals surface area contributed by atoms with Crippen molar-refractivity contribution >= 4 is 0 Å². The zero-order valence-electron chi connectivity index (χ0n) is 11.2. The summed E-state index contributed by atoms with van der Waals surface area (Å²) in [6.45, 7) is 5.23. The summed E-state index contributed by atoms with van der Waals surface area (Å²) in [6.07, 6.45) is 2.88. The molecule has 1 aromatic heterocycles. The molecule has 0 amide bonds. The third kappa shape index (κ3) is 2.99. The monoisotopic (exact) mass is 244 g/mol. The molecule has 0 fully saturated rings. The van der Waals surface area contributed by atoms with Crippen LogP contribution in [0.15, 0.2) is 35.0 Å². The maximum Gasteiger partial charge on any atom is 0.171 e. The Morgan fingerprint density at radius 1 is 1.22 bits per heavy atom. The van der Waals surface area contributed by atoms with Gasteiger partial charge in [-0.15, -0.1) is 0 Å². The normalized spacial score (nSPS) is 11.1. The molecule has 18 heavy (non-hydrogen) atoms.